The smallest absolute Gasteiger partial charge is 0.270 e. The van der Waals surface area contributed by atoms with Crippen molar-refractivity contribution in [2.45, 2.75) is 0 Å². The van der Waals surface area contributed by atoms with Crippen LogP contribution in [0.15, 0.2) is 47.5 Å². The summed E-state index contributed by atoms with van der Waals surface area (Å²) in [6, 6.07) is 10.7. The molecular weight excluding hydrogens is 326 g/mol. The topological polar surface area (TPSA) is 105 Å². The largest absolute Gasteiger partial charge is 0.507 e. The number of aromatic hydroxyl groups is 1. The predicted molar refractivity (Wildman–Crippen MR) is 91.6 cm³/mol. The van der Waals surface area contributed by atoms with Crippen LogP contribution in [0.1, 0.15) is 5.56 Å². The van der Waals surface area contributed by atoms with Gasteiger partial charge in [0.15, 0.2) is 0 Å². The van der Waals surface area contributed by atoms with Gasteiger partial charge in [0.05, 0.1) is 17.2 Å². The zero-order chi connectivity index (χ0) is 17.8. The number of morpholine rings is 1. The summed E-state index contributed by atoms with van der Waals surface area (Å²) >= 11 is 0. The third-order valence-corrected chi connectivity index (χ3v) is 3.72. The molecule has 2 aromatic carbocycles. The average Bonchev–Trinajstić information content (AvgIpc) is 2.62. The van der Waals surface area contributed by atoms with Crippen molar-refractivity contribution in [1.82, 2.24) is 0 Å². The third kappa shape index (κ3) is 3.81. The molecule has 0 radical (unpaired) electrons. The van der Waals surface area contributed by atoms with Crippen molar-refractivity contribution in [3.63, 3.8) is 0 Å². The van der Waals surface area contributed by atoms with E-state index in [0.29, 0.717) is 18.8 Å². The van der Waals surface area contributed by atoms with Gasteiger partial charge < -0.3 is 14.7 Å². The number of ether oxygens (including phenoxy) is 1. The van der Waals surface area contributed by atoms with Gasteiger partial charge >= 0.3 is 0 Å². The van der Waals surface area contributed by atoms with Gasteiger partial charge in [-0.2, -0.15) is 0 Å². The number of phenols is 1. The summed E-state index contributed by atoms with van der Waals surface area (Å²) in [5, 5.41) is 20.6. The SMILES string of the molecule is O=C1COCCN1c1ccc(N=Cc2cc([N+](=O)[O-])ccc2O)cc1. The summed E-state index contributed by atoms with van der Waals surface area (Å²) in [7, 11) is 0. The van der Waals surface area contributed by atoms with Gasteiger partial charge in [0.2, 0.25) is 0 Å². The van der Waals surface area contributed by atoms with Crippen molar-refractivity contribution in [3.05, 3.63) is 58.1 Å². The molecule has 1 heterocycles. The van der Waals surface area contributed by atoms with Crippen molar-refractivity contribution < 1.29 is 19.6 Å². The van der Waals surface area contributed by atoms with Crippen LogP contribution in [0.3, 0.4) is 0 Å². The van der Waals surface area contributed by atoms with E-state index in [-0.39, 0.29) is 29.5 Å². The minimum Gasteiger partial charge on any atom is -0.507 e. The standard InChI is InChI=1S/C17H15N3O5/c21-16-6-5-15(20(23)24)9-12(16)10-18-13-1-3-14(4-2-13)19-7-8-25-11-17(19)22/h1-6,9-10,21H,7-8,11H2. The first-order valence-corrected chi connectivity index (χ1v) is 7.54. The fraction of sp³-hybridized carbons (Fsp3) is 0.176. The van der Waals surface area contributed by atoms with Crippen LogP contribution < -0.4 is 4.90 Å². The average molecular weight is 341 g/mol. The summed E-state index contributed by atoms with van der Waals surface area (Å²) in [6.07, 6.45) is 1.36. The van der Waals surface area contributed by atoms with Gasteiger partial charge in [-0.05, 0) is 30.3 Å². The lowest BCUT2D eigenvalue weighted by atomic mass is 10.2. The van der Waals surface area contributed by atoms with Crippen molar-refractivity contribution in [2.75, 3.05) is 24.7 Å². The van der Waals surface area contributed by atoms with Gasteiger partial charge in [0, 0.05) is 36.1 Å². The van der Waals surface area contributed by atoms with E-state index in [1.165, 1.54) is 24.4 Å². The number of rotatable bonds is 4. The molecule has 0 spiro atoms. The van der Waals surface area contributed by atoms with Crippen molar-refractivity contribution in [3.8, 4) is 5.75 Å². The Morgan fingerprint density at radius 3 is 2.68 bits per heavy atom. The Kier molecular flexibility index (Phi) is 4.71. The van der Waals surface area contributed by atoms with E-state index in [4.69, 9.17) is 4.74 Å². The lowest BCUT2D eigenvalue weighted by Crippen LogP contribution is -2.41. The highest BCUT2D eigenvalue weighted by molar-refractivity contribution is 5.95. The van der Waals surface area contributed by atoms with E-state index in [9.17, 15) is 20.0 Å². The molecule has 0 bridgehead atoms. The second kappa shape index (κ2) is 7.10. The molecule has 8 nitrogen and oxygen atoms in total. The summed E-state index contributed by atoms with van der Waals surface area (Å²) in [5.41, 5.74) is 1.47. The first-order valence-electron chi connectivity index (χ1n) is 7.54. The highest BCUT2D eigenvalue weighted by Crippen LogP contribution is 2.24. The first-order chi connectivity index (χ1) is 12.0. The van der Waals surface area contributed by atoms with E-state index >= 15 is 0 Å². The Bertz CT molecular complexity index is 833. The fourth-order valence-corrected chi connectivity index (χ4v) is 2.41. The number of hydrogen-bond acceptors (Lipinski definition) is 6. The number of non-ortho nitro benzene ring substituents is 1. The van der Waals surface area contributed by atoms with Gasteiger partial charge in [0.25, 0.3) is 11.6 Å². The molecule has 1 amide bonds. The maximum atomic E-state index is 11.8. The molecule has 1 N–H and O–H groups in total. The summed E-state index contributed by atoms with van der Waals surface area (Å²) in [6.45, 7) is 1.08. The molecule has 1 aliphatic rings. The van der Waals surface area contributed by atoms with Crippen LogP contribution in [-0.4, -0.2) is 41.9 Å². The van der Waals surface area contributed by atoms with Crippen LogP contribution >= 0.6 is 0 Å². The molecule has 128 valence electrons. The number of aliphatic imine (C=N–C) groups is 1. The lowest BCUT2D eigenvalue weighted by molar-refractivity contribution is -0.384. The zero-order valence-corrected chi connectivity index (χ0v) is 13.2. The molecule has 8 heteroatoms. The quantitative estimate of drug-likeness (QED) is 0.522. The van der Waals surface area contributed by atoms with E-state index in [2.05, 4.69) is 4.99 Å². The number of benzene rings is 2. The number of hydrogen-bond donors (Lipinski definition) is 1. The molecule has 1 fully saturated rings. The molecule has 1 saturated heterocycles. The third-order valence-electron chi connectivity index (χ3n) is 3.72. The van der Waals surface area contributed by atoms with Crippen molar-refractivity contribution in [2.24, 2.45) is 4.99 Å². The maximum Gasteiger partial charge on any atom is 0.270 e. The van der Waals surface area contributed by atoms with Crippen LogP contribution in [-0.2, 0) is 9.53 Å². The number of anilines is 1. The molecule has 0 aliphatic carbocycles. The van der Waals surface area contributed by atoms with Gasteiger partial charge in [-0.25, -0.2) is 0 Å². The molecule has 0 unspecified atom stereocenters. The number of carbonyl (C=O) groups is 1. The Balaban J connectivity index is 1.77. The number of nitrogens with zero attached hydrogens (tertiary/aromatic N) is 3. The number of nitro groups is 1. The minimum absolute atomic E-state index is 0.0754. The fourth-order valence-electron chi connectivity index (χ4n) is 2.41. The highest BCUT2D eigenvalue weighted by Gasteiger charge is 2.19. The Morgan fingerprint density at radius 2 is 2.00 bits per heavy atom. The molecule has 2 aromatic rings. The summed E-state index contributed by atoms with van der Waals surface area (Å²) < 4.78 is 5.10. The van der Waals surface area contributed by atoms with E-state index in [0.717, 1.165) is 5.69 Å². The van der Waals surface area contributed by atoms with Gasteiger partial charge in [-0.15, -0.1) is 0 Å². The normalized spacial score (nSPS) is 14.9. The number of amides is 1. The van der Waals surface area contributed by atoms with Gasteiger partial charge in [0.1, 0.15) is 12.4 Å². The van der Waals surface area contributed by atoms with Crippen LogP contribution in [0.4, 0.5) is 17.1 Å². The Labute approximate surface area is 143 Å². The van der Waals surface area contributed by atoms with Gasteiger partial charge in [-0.1, -0.05) is 0 Å². The van der Waals surface area contributed by atoms with Crippen molar-refractivity contribution in [1.29, 1.82) is 0 Å². The van der Waals surface area contributed by atoms with Crippen LogP contribution in [0.5, 0.6) is 5.75 Å². The Morgan fingerprint density at radius 1 is 1.24 bits per heavy atom. The van der Waals surface area contributed by atoms with E-state index in [1.54, 1.807) is 29.2 Å². The molecule has 1 aliphatic heterocycles. The van der Waals surface area contributed by atoms with Crippen LogP contribution in [0.25, 0.3) is 0 Å². The molecule has 0 atom stereocenters. The molecular formula is C17H15N3O5. The maximum absolute atomic E-state index is 11.8. The van der Waals surface area contributed by atoms with Crippen molar-refractivity contribution >= 4 is 29.2 Å². The number of nitro benzene ring substituents is 1. The molecule has 3 rings (SSSR count). The predicted octanol–water partition coefficient (Wildman–Crippen LogP) is 2.41. The number of carbonyl (C=O) groups excluding carboxylic acids is 1. The van der Waals surface area contributed by atoms with Crippen LogP contribution in [0.2, 0.25) is 0 Å². The summed E-state index contributed by atoms with van der Waals surface area (Å²) in [4.78, 5) is 27.9. The summed E-state index contributed by atoms with van der Waals surface area (Å²) in [5.74, 6) is -0.186. The number of phenolic OH excluding ortho intramolecular Hbond substituents is 1. The molecule has 0 saturated carbocycles. The second-order valence-corrected chi connectivity index (χ2v) is 5.37. The highest BCUT2D eigenvalue weighted by atomic mass is 16.6. The monoisotopic (exact) mass is 341 g/mol. The Hall–Kier alpha value is -3.26. The molecule has 25 heavy (non-hydrogen) atoms. The van der Waals surface area contributed by atoms with E-state index < -0.39 is 4.92 Å². The minimum atomic E-state index is -0.537. The zero-order valence-electron chi connectivity index (χ0n) is 13.2. The first kappa shape index (κ1) is 16.6. The van der Waals surface area contributed by atoms with Gasteiger partial charge in [-0.3, -0.25) is 19.9 Å². The lowest BCUT2D eigenvalue weighted by Gasteiger charge is -2.26. The van der Waals surface area contributed by atoms with Crippen LogP contribution in [0, 0.1) is 10.1 Å². The second-order valence-electron chi connectivity index (χ2n) is 5.37. The van der Waals surface area contributed by atoms with E-state index in [1.807, 2.05) is 0 Å². The molecule has 0 aromatic heterocycles.